The van der Waals surface area contributed by atoms with Crippen molar-refractivity contribution in [2.45, 2.75) is 18.1 Å². The first-order valence-corrected chi connectivity index (χ1v) is 4.99. The van der Waals surface area contributed by atoms with E-state index in [2.05, 4.69) is 10.2 Å². The smallest absolute Gasteiger partial charge is 0.284 e. The summed E-state index contributed by atoms with van der Waals surface area (Å²) < 4.78 is 5.19. The number of aromatic nitrogens is 2. The van der Waals surface area contributed by atoms with Gasteiger partial charge in [0.25, 0.3) is 4.84 Å². The summed E-state index contributed by atoms with van der Waals surface area (Å²) in [6.07, 6.45) is 2.41. The summed E-state index contributed by atoms with van der Waals surface area (Å²) in [5.74, 6) is 1.97. The van der Waals surface area contributed by atoms with E-state index >= 15 is 0 Å². The van der Waals surface area contributed by atoms with Crippen LogP contribution in [0.2, 0.25) is 0 Å². The second-order valence-corrected chi connectivity index (χ2v) is 4.13. The summed E-state index contributed by atoms with van der Waals surface area (Å²) in [7, 11) is 0. The fraction of sp³-hybridized carbons (Fsp3) is 0.667. The minimum atomic E-state index is 0.382. The van der Waals surface area contributed by atoms with E-state index in [1.165, 1.54) is 12.2 Å². The molecule has 2 rings (SSSR count). The Morgan fingerprint density at radius 3 is 3.18 bits per heavy atom. The van der Waals surface area contributed by atoms with E-state index in [4.69, 9.17) is 16.6 Å². The highest BCUT2D eigenvalue weighted by atomic mass is 32.2. The predicted octanol–water partition coefficient (Wildman–Crippen LogP) is 2.30. The first kappa shape index (κ1) is 7.36. The van der Waals surface area contributed by atoms with Crippen molar-refractivity contribution in [2.24, 2.45) is 0 Å². The van der Waals surface area contributed by atoms with Crippen molar-refractivity contribution in [1.82, 2.24) is 10.2 Å². The highest BCUT2D eigenvalue weighted by Gasteiger charge is 2.21. The monoisotopic (exact) mass is 188 g/mol. The molecular weight excluding hydrogens is 180 g/mol. The van der Waals surface area contributed by atoms with Crippen LogP contribution in [-0.2, 0) is 0 Å². The summed E-state index contributed by atoms with van der Waals surface area (Å²) in [6.45, 7) is 0. The minimum Gasteiger partial charge on any atom is -0.413 e. The molecule has 11 heavy (non-hydrogen) atoms. The molecule has 1 fully saturated rings. The van der Waals surface area contributed by atoms with Crippen molar-refractivity contribution in [2.75, 3.05) is 5.75 Å². The molecule has 3 nitrogen and oxygen atoms in total. The van der Waals surface area contributed by atoms with Crippen molar-refractivity contribution in [1.29, 1.82) is 0 Å². The lowest BCUT2D eigenvalue weighted by molar-refractivity contribution is 0.473. The standard InChI is InChI=1S/C6H8N2OS2/c10-6-8-7-5(9-6)4-2-1-3-11-4/h4H,1-3H2,(H,8,10). The molecule has 0 radical (unpaired) electrons. The van der Waals surface area contributed by atoms with E-state index in [0.29, 0.717) is 10.1 Å². The molecule has 0 spiro atoms. The number of hydrogen-bond donors (Lipinski definition) is 1. The molecule has 0 bridgehead atoms. The lowest BCUT2D eigenvalue weighted by Gasteiger charge is -1.98. The Morgan fingerprint density at radius 2 is 2.64 bits per heavy atom. The first-order chi connectivity index (χ1) is 5.36. The van der Waals surface area contributed by atoms with Gasteiger partial charge in [-0.2, -0.15) is 0 Å². The second-order valence-electron chi connectivity index (χ2n) is 2.45. The highest BCUT2D eigenvalue weighted by molar-refractivity contribution is 7.99. The average Bonchev–Trinajstić information content (AvgIpc) is 2.55. The number of nitrogens with zero attached hydrogens (tertiary/aromatic N) is 1. The van der Waals surface area contributed by atoms with Crippen LogP contribution in [0.4, 0.5) is 0 Å². The van der Waals surface area contributed by atoms with E-state index in [9.17, 15) is 0 Å². The maximum Gasteiger partial charge on any atom is 0.284 e. The van der Waals surface area contributed by atoms with Gasteiger partial charge >= 0.3 is 0 Å². The Kier molecular flexibility index (Phi) is 2.00. The molecule has 1 saturated heterocycles. The molecule has 2 heterocycles. The topological polar surface area (TPSA) is 41.8 Å². The summed E-state index contributed by atoms with van der Waals surface area (Å²) in [5, 5.41) is 7.04. The van der Waals surface area contributed by atoms with Crippen molar-refractivity contribution in [3.05, 3.63) is 10.7 Å². The van der Waals surface area contributed by atoms with Gasteiger partial charge in [-0.1, -0.05) is 0 Å². The van der Waals surface area contributed by atoms with Gasteiger partial charge < -0.3 is 4.42 Å². The number of nitrogens with one attached hydrogen (secondary N) is 1. The van der Waals surface area contributed by atoms with E-state index < -0.39 is 0 Å². The van der Waals surface area contributed by atoms with Crippen molar-refractivity contribution in [3.63, 3.8) is 0 Å². The zero-order valence-corrected chi connectivity index (χ0v) is 7.50. The molecule has 1 aliphatic heterocycles. The molecule has 0 aliphatic carbocycles. The minimum absolute atomic E-state index is 0.382. The number of thioether (sulfide) groups is 1. The van der Waals surface area contributed by atoms with Crippen molar-refractivity contribution >= 4 is 24.0 Å². The summed E-state index contributed by atoms with van der Waals surface area (Å²) in [6, 6.07) is 0. The van der Waals surface area contributed by atoms with Gasteiger partial charge in [-0.05, 0) is 30.8 Å². The van der Waals surface area contributed by atoms with Crippen LogP contribution in [0, 0.1) is 4.84 Å². The van der Waals surface area contributed by atoms with Crippen LogP contribution in [-0.4, -0.2) is 16.0 Å². The Hall–Kier alpha value is -0.290. The van der Waals surface area contributed by atoms with Gasteiger partial charge in [0.05, 0.1) is 5.25 Å². The third-order valence-electron chi connectivity index (χ3n) is 1.66. The van der Waals surface area contributed by atoms with E-state index in [1.807, 2.05) is 11.8 Å². The molecule has 1 aromatic rings. The Balaban J connectivity index is 2.21. The quantitative estimate of drug-likeness (QED) is 0.687. The van der Waals surface area contributed by atoms with Gasteiger partial charge in [-0.15, -0.1) is 16.9 Å². The molecular formula is C6H8N2OS2. The average molecular weight is 188 g/mol. The summed E-state index contributed by atoms with van der Waals surface area (Å²) >= 11 is 6.66. The molecule has 5 heteroatoms. The zero-order valence-electron chi connectivity index (χ0n) is 5.87. The number of aromatic amines is 1. The highest BCUT2D eigenvalue weighted by Crippen LogP contribution is 2.38. The van der Waals surface area contributed by atoms with Gasteiger partial charge in [-0.3, -0.25) is 0 Å². The SMILES string of the molecule is S=c1[nH]nc(C2CCCS2)o1. The first-order valence-electron chi connectivity index (χ1n) is 3.53. The molecule has 1 N–H and O–H groups in total. The van der Waals surface area contributed by atoms with Crippen LogP contribution in [0.3, 0.4) is 0 Å². The third kappa shape index (κ3) is 1.49. The molecule has 0 amide bonds. The summed E-state index contributed by atoms with van der Waals surface area (Å²) in [5.41, 5.74) is 0. The van der Waals surface area contributed by atoms with E-state index in [-0.39, 0.29) is 0 Å². The lowest BCUT2D eigenvalue weighted by atomic mass is 10.2. The lowest BCUT2D eigenvalue weighted by Crippen LogP contribution is -1.87. The fourth-order valence-corrected chi connectivity index (χ4v) is 2.48. The zero-order chi connectivity index (χ0) is 7.68. The van der Waals surface area contributed by atoms with Crippen LogP contribution in [0.5, 0.6) is 0 Å². The van der Waals surface area contributed by atoms with Crippen LogP contribution < -0.4 is 0 Å². The van der Waals surface area contributed by atoms with Gasteiger partial charge in [0.2, 0.25) is 5.89 Å². The van der Waals surface area contributed by atoms with Crippen molar-refractivity contribution in [3.8, 4) is 0 Å². The predicted molar refractivity (Wildman–Crippen MR) is 46.1 cm³/mol. The maximum atomic E-state index is 5.19. The molecule has 60 valence electrons. The Labute approximate surface area is 73.6 Å². The van der Waals surface area contributed by atoms with Crippen LogP contribution in [0.1, 0.15) is 24.0 Å². The van der Waals surface area contributed by atoms with E-state index in [1.54, 1.807) is 0 Å². The molecule has 0 saturated carbocycles. The largest absolute Gasteiger partial charge is 0.413 e. The second kappa shape index (κ2) is 2.98. The molecule has 0 aromatic carbocycles. The van der Waals surface area contributed by atoms with Gasteiger partial charge in [0.15, 0.2) is 0 Å². The van der Waals surface area contributed by atoms with Gasteiger partial charge in [0.1, 0.15) is 0 Å². The molecule has 1 aromatic heterocycles. The van der Waals surface area contributed by atoms with Crippen LogP contribution in [0.25, 0.3) is 0 Å². The summed E-state index contributed by atoms with van der Waals surface area (Å²) in [4.78, 5) is 0.382. The molecule has 1 atom stereocenters. The maximum absolute atomic E-state index is 5.19. The number of H-pyrrole nitrogens is 1. The third-order valence-corrected chi connectivity index (χ3v) is 3.20. The molecule has 1 aliphatic rings. The van der Waals surface area contributed by atoms with Gasteiger partial charge in [-0.25, -0.2) is 5.10 Å². The number of hydrogen-bond acceptors (Lipinski definition) is 4. The van der Waals surface area contributed by atoms with E-state index in [0.717, 1.165) is 12.3 Å². The number of rotatable bonds is 1. The molecule has 1 unspecified atom stereocenters. The van der Waals surface area contributed by atoms with Crippen LogP contribution >= 0.6 is 24.0 Å². The fourth-order valence-electron chi connectivity index (χ4n) is 1.15. The Bertz CT molecular complexity index is 287. The normalized spacial score (nSPS) is 24.2. The van der Waals surface area contributed by atoms with Crippen molar-refractivity contribution < 1.29 is 4.42 Å². The Morgan fingerprint density at radius 1 is 1.73 bits per heavy atom. The van der Waals surface area contributed by atoms with Gasteiger partial charge in [0, 0.05) is 0 Å². The van der Waals surface area contributed by atoms with Crippen LogP contribution in [0.15, 0.2) is 4.42 Å².